The molecule has 0 saturated carbocycles. The second kappa shape index (κ2) is 7.39. The van der Waals surface area contributed by atoms with Gasteiger partial charge < -0.3 is 5.32 Å². The molecule has 0 spiro atoms. The molecule has 2 aromatic carbocycles. The van der Waals surface area contributed by atoms with Gasteiger partial charge in [-0.25, -0.2) is 4.68 Å². The Morgan fingerprint density at radius 2 is 1.69 bits per heavy atom. The van der Waals surface area contributed by atoms with Crippen LogP contribution < -0.4 is 16.4 Å². The van der Waals surface area contributed by atoms with E-state index in [0.29, 0.717) is 10.8 Å². The van der Waals surface area contributed by atoms with Gasteiger partial charge in [0.05, 0.1) is 17.3 Å². The molecule has 0 atom stereocenters. The topological polar surface area (TPSA) is 84.0 Å². The van der Waals surface area contributed by atoms with Crippen molar-refractivity contribution < 1.29 is 4.79 Å². The molecular formula is C20H21N3O3. The molecule has 0 aliphatic heterocycles. The van der Waals surface area contributed by atoms with Crippen molar-refractivity contribution in [3.8, 4) is 0 Å². The number of aromatic amines is 1. The summed E-state index contributed by atoms with van der Waals surface area (Å²) in [6, 6.07) is 14.3. The molecule has 1 amide bonds. The Balaban J connectivity index is 1.77. The van der Waals surface area contributed by atoms with Crippen LogP contribution in [0.4, 0.5) is 5.69 Å². The lowest BCUT2D eigenvalue weighted by Gasteiger charge is -2.14. The number of para-hydroxylation sites is 1. The highest BCUT2D eigenvalue weighted by Crippen LogP contribution is 2.23. The SMILES string of the molecule is CC(C)c1ccccc1NC(=O)CCn1[nH]c(=O)c2ccccc2c1=O. The fraction of sp³-hybridized carbons (Fsp3) is 0.250. The van der Waals surface area contributed by atoms with Crippen LogP contribution in [0.3, 0.4) is 0 Å². The number of hydrogen-bond acceptors (Lipinski definition) is 3. The van der Waals surface area contributed by atoms with E-state index in [2.05, 4.69) is 24.3 Å². The quantitative estimate of drug-likeness (QED) is 0.741. The zero-order valence-electron chi connectivity index (χ0n) is 14.8. The Kier molecular flexibility index (Phi) is 5.02. The molecule has 1 aromatic heterocycles. The summed E-state index contributed by atoms with van der Waals surface area (Å²) in [5.74, 6) is 0.0740. The van der Waals surface area contributed by atoms with E-state index in [0.717, 1.165) is 11.3 Å². The van der Waals surface area contributed by atoms with Crippen molar-refractivity contribution in [3.63, 3.8) is 0 Å². The Bertz CT molecular complexity index is 1060. The number of hydrogen-bond donors (Lipinski definition) is 2. The van der Waals surface area contributed by atoms with Gasteiger partial charge in [-0.3, -0.25) is 19.5 Å². The number of rotatable bonds is 5. The molecular weight excluding hydrogens is 330 g/mol. The van der Waals surface area contributed by atoms with E-state index in [1.807, 2.05) is 24.3 Å². The third kappa shape index (κ3) is 3.59. The zero-order chi connectivity index (χ0) is 18.7. The van der Waals surface area contributed by atoms with Crippen molar-refractivity contribution in [1.82, 2.24) is 9.78 Å². The minimum atomic E-state index is -0.342. The number of aryl methyl sites for hydroxylation is 1. The molecule has 0 bridgehead atoms. The van der Waals surface area contributed by atoms with Gasteiger partial charge in [-0.2, -0.15) is 0 Å². The standard InChI is InChI=1S/C20H21N3O3/c1-13(2)14-7-5-6-10-17(14)21-18(24)11-12-23-20(26)16-9-4-3-8-15(16)19(25)22-23/h3-10,13H,11-12H2,1-2H3,(H,21,24)(H,22,25). The molecule has 0 aliphatic carbocycles. The molecule has 0 saturated heterocycles. The van der Waals surface area contributed by atoms with E-state index in [4.69, 9.17) is 0 Å². The van der Waals surface area contributed by atoms with Gasteiger partial charge in [-0.05, 0) is 29.7 Å². The summed E-state index contributed by atoms with van der Waals surface area (Å²) in [7, 11) is 0. The maximum Gasteiger partial charge on any atom is 0.273 e. The molecule has 2 N–H and O–H groups in total. The Labute approximate surface area is 150 Å². The minimum Gasteiger partial charge on any atom is -0.326 e. The molecule has 0 radical (unpaired) electrons. The highest BCUT2D eigenvalue weighted by Gasteiger charge is 2.11. The van der Waals surface area contributed by atoms with E-state index in [1.54, 1.807) is 24.3 Å². The first-order valence-corrected chi connectivity index (χ1v) is 8.58. The average molecular weight is 351 g/mol. The summed E-state index contributed by atoms with van der Waals surface area (Å²) in [5.41, 5.74) is 1.17. The fourth-order valence-electron chi connectivity index (χ4n) is 2.94. The van der Waals surface area contributed by atoms with Crippen molar-refractivity contribution in [3.05, 3.63) is 74.8 Å². The maximum atomic E-state index is 12.5. The van der Waals surface area contributed by atoms with E-state index >= 15 is 0 Å². The van der Waals surface area contributed by atoms with Gasteiger partial charge in [-0.15, -0.1) is 0 Å². The Morgan fingerprint density at radius 1 is 1.04 bits per heavy atom. The molecule has 0 fully saturated rings. The number of nitrogens with one attached hydrogen (secondary N) is 2. The molecule has 1 heterocycles. The molecule has 26 heavy (non-hydrogen) atoms. The number of amides is 1. The van der Waals surface area contributed by atoms with Crippen molar-refractivity contribution >= 4 is 22.4 Å². The molecule has 0 aliphatic rings. The largest absolute Gasteiger partial charge is 0.326 e. The first kappa shape index (κ1) is 17.7. The second-order valence-corrected chi connectivity index (χ2v) is 6.48. The number of anilines is 1. The van der Waals surface area contributed by atoms with E-state index in [9.17, 15) is 14.4 Å². The number of aromatic nitrogens is 2. The summed E-state index contributed by atoms with van der Waals surface area (Å²) in [6.45, 7) is 4.23. The fourth-order valence-corrected chi connectivity index (χ4v) is 2.94. The number of fused-ring (bicyclic) bond motifs is 1. The summed E-state index contributed by atoms with van der Waals surface area (Å²) < 4.78 is 1.19. The lowest BCUT2D eigenvalue weighted by atomic mass is 10.0. The molecule has 3 rings (SSSR count). The maximum absolute atomic E-state index is 12.5. The number of benzene rings is 2. The van der Waals surface area contributed by atoms with Crippen molar-refractivity contribution in [2.75, 3.05) is 5.32 Å². The van der Waals surface area contributed by atoms with Crippen LogP contribution in [0.25, 0.3) is 10.8 Å². The number of carbonyl (C=O) groups excluding carboxylic acids is 1. The van der Waals surface area contributed by atoms with Gasteiger partial charge in [0.2, 0.25) is 5.91 Å². The van der Waals surface area contributed by atoms with Gasteiger partial charge in [0, 0.05) is 12.1 Å². The predicted octanol–water partition coefficient (Wildman–Crippen LogP) is 2.84. The number of H-pyrrole nitrogens is 1. The minimum absolute atomic E-state index is 0.0839. The van der Waals surface area contributed by atoms with Crippen LogP contribution >= 0.6 is 0 Å². The van der Waals surface area contributed by atoms with E-state index in [-0.39, 0.29) is 35.9 Å². The van der Waals surface area contributed by atoms with Gasteiger partial charge in [0.1, 0.15) is 0 Å². The highest BCUT2D eigenvalue weighted by atomic mass is 16.2. The number of carbonyl (C=O) groups is 1. The van der Waals surface area contributed by atoms with Crippen LogP contribution in [0, 0.1) is 0 Å². The Hall–Kier alpha value is -3.15. The molecule has 3 aromatic rings. The van der Waals surface area contributed by atoms with Gasteiger partial charge in [0.15, 0.2) is 0 Å². The van der Waals surface area contributed by atoms with E-state index < -0.39 is 0 Å². The molecule has 6 heteroatoms. The zero-order valence-corrected chi connectivity index (χ0v) is 14.8. The Morgan fingerprint density at radius 3 is 2.42 bits per heavy atom. The molecule has 0 unspecified atom stereocenters. The van der Waals surface area contributed by atoms with E-state index in [1.165, 1.54) is 4.68 Å². The molecule has 6 nitrogen and oxygen atoms in total. The summed E-state index contributed by atoms with van der Waals surface area (Å²) in [6.07, 6.45) is 0.0839. The van der Waals surface area contributed by atoms with Crippen LogP contribution in [-0.4, -0.2) is 15.7 Å². The average Bonchev–Trinajstić information content (AvgIpc) is 2.64. The van der Waals surface area contributed by atoms with Crippen LogP contribution in [0.2, 0.25) is 0 Å². The van der Waals surface area contributed by atoms with Crippen LogP contribution in [-0.2, 0) is 11.3 Å². The lowest BCUT2D eigenvalue weighted by Crippen LogP contribution is -2.31. The van der Waals surface area contributed by atoms with Gasteiger partial charge in [-0.1, -0.05) is 44.2 Å². The summed E-state index contributed by atoms with van der Waals surface area (Å²) in [4.78, 5) is 36.8. The second-order valence-electron chi connectivity index (χ2n) is 6.48. The van der Waals surface area contributed by atoms with Crippen LogP contribution in [0.5, 0.6) is 0 Å². The third-order valence-electron chi connectivity index (χ3n) is 4.30. The van der Waals surface area contributed by atoms with Gasteiger partial charge >= 0.3 is 0 Å². The van der Waals surface area contributed by atoms with Crippen molar-refractivity contribution in [1.29, 1.82) is 0 Å². The lowest BCUT2D eigenvalue weighted by molar-refractivity contribution is -0.116. The summed E-state index contributed by atoms with van der Waals surface area (Å²) in [5, 5.41) is 6.12. The first-order chi connectivity index (χ1) is 12.5. The highest BCUT2D eigenvalue weighted by molar-refractivity contribution is 5.91. The smallest absolute Gasteiger partial charge is 0.273 e. The third-order valence-corrected chi connectivity index (χ3v) is 4.30. The number of nitrogens with zero attached hydrogens (tertiary/aromatic N) is 1. The molecule has 134 valence electrons. The predicted molar refractivity (Wildman–Crippen MR) is 103 cm³/mol. The normalized spacial score (nSPS) is 11.0. The van der Waals surface area contributed by atoms with Crippen molar-refractivity contribution in [2.24, 2.45) is 0 Å². The van der Waals surface area contributed by atoms with Crippen LogP contribution in [0.1, 0.15) is 31.7 Å². The van der Waals surface area contributed by atoms with Crippen LogP contribution in [0.15, 0.2) is 58.1 Å². The van der Waals surface area contributed by atoms with Crippen molar-refractivity contribution in [2.45, 2.75) is 32.7 Å². The first-order valence-electron chi connectivity index (χ1n) is 8.58. The monoisotopic (exact) mass is 351 g/mol. The van der Waals surface area contributed by atoms with Gasteiger partial charge in [0.25, 0.3) is 11.1 Å². The summed E-state index contributed by atoms with van der Waals surface area (Å²) >= 11 is 0.